The molecule has 4 heteroatoms. The van der Waals surface area contributed by atoms with Crippen LogP contribution in [-0.2, 0) is 9.47 Å². The van der Waals surface area contributed by atoms with Crippen LogP contribution < -0.4 is 4.74 Å². The molecule has 2 saturated heterocycles. The number of hydrogen-bond acceptors (Lipinski definition) is 4. The number of hydrogen-bond donors (Lipinski definition) is 0. The van der Waals surface area contributed by atoms with Crippen molar-refractivity contribution in [2.24, 2.45) is 0 Å². The second-order valence-electron chi connectivity index (χ2n) is 6.93. The van der Waals surface area contributed by atoms with Crippen molar-refractivity contribution >= 4 is 0 Å². The van der Waals surface area contributed by atoms with E-state index in [0.717, 1.165) is 77.3 Å². The molecule has 0 aromatic heterocycles. The second kappa shape index (κ2) is 9.40. The van der Waals surface area contributed by atoms with Gasteiger partial charge in [0.1, 0.15) is 5.75 Å². The van der Waals surface area contributed by atoms with E-state index in [4.69, 9.17) is 14.2 Å². The van der Waals surface area contributed by atoms with E-state index in [1.54, 1.807) is 0 Å². The first-order chi connectivity index (χ1) is 11.8. The van der Waals surface area contributed by atoms with Crippen LogP contribution in [0.25, 0.3) is 0 Å². The highest BCUT2D eigenvalue weighted by Crippen LogP contribution is 2.28. The summed E-state index contributed by atoms with van der Waals surface area (Å²) in [5, 5.41) is 0. The van der Waals surface area contributed by atoms with E-state index in [1.165, 1.54) is 5.56 Å². The fourth-order valence-corrected chi connectivity index (χ4v) is 3.71. The lowest BCUT2D eigenvalue weighted by Gasteiger charge is -2.31. The summed E-state index contributed by atoms with van der Waals surface area (Å²) in [5.74, 6) is 1.65. The van der Waals surface area contributed by atoms with Crippen LogP contribution in [0.2, 0.25) is 0 Å². The third-order valence-electron chi connectivity index (χ3n) is 5.33. The van der Waals surface area contributed by atoms with Crippen LogP contribution in [0.5, 0.6) is 5.75 Å². The largest absolute Gasteiger partial charge is 0.494 e. The van der Waals surface area contributed by atoms with Gasteiger partial charge in [-0.1, -0.05) is 12.1 Å². The Balaban J connectivity index is 1.33. The predicted octanol–water partition coefficient (Wildman–Crippen LogP) is 3.46. The van der Waals surface area contributed by atoms with Gasteiger partial charge in [-0.3, -0.25) is 0 Å². The second-order valence-corrected chi connectivity index (χ2v) is 6.93. The molecule has 1 aromatic carbocycles. The highest BCUT2D eigenvalue weighted by molar-refractivity contribution is 5.29. The lowest BCUT2D eigenvalue weighted by atomic mass is 9.92. The number of likely N-dealkylation sites (tertiary alicyclic amines) is 1. The summed E-state index contributed by atoms with van der Waals surface area (Å²) >= 11 is 0. The highest BCUT2D eigenvalue weighted by Gasteiger charge is 2.18. The van der Waals surface area contributed by atoms with Crippen molar-refractivity contribution in [3.8, 4) is 5.75 Å². The lowest BCUT2D eigenvalue weighted by Crippen LogP contribution is -2.37. The summed E-state index contributed by atoms with van der Waals surface area (Å²) in [6.07, 6.45) is 6.14. The topological polar surface area (TPSA) is 30.9 Å². The minimum absolute atomic E-state index is 0.465. The maximum absolute atomic E-state index is 5.91. The van der Waals surface area contributed by atoms with E-state index in [0.29, 0.717) is 12.0 Å². The Kier molecular flexibility index (Phi) is 6.94. The van der Waals surface area contributed by atoms with Gasteiger partial charge in [0.2, 0.25) is 0 Å². The number of methoxy groups -OCH3 is 1. The zero-order valence-corrected chi connectivity index (χ0v) is 14.9. The van der Waals surface area contributed by atoms with Crippen molar-refractivity contribution in [3.05, 3.63) is 29.8 Å². The minimum atomic E-state index is 0.465. The van der Waals surface area contributed by atoms with Gasteiger partial charge in [0.05, 0.1) is 12.7 Å². The van der Waals surface area contributed by atoms with Crippen LogP contribution in [0.3, 0.4) is 0 Å². The van der Waals surface area contributed by atoms with Gasteiger partial charge in [-0.2, -0.15) is 0 Å². The Hall–Kier alpha value is -1.10. The smallest absolute Gasteiger partial charge is 0.119 e. The van der Waals surface area contributed by atoms with Crippen molar-refractivity contribution in [1.29, 1.82) is 0 Å². The number of ether oxygens (including phenoxy) is 3. The average molecular weight is 333 g/mol. The first-order valence-electron chi connectivity index (χ1n) is 9.41. The number of nitrogens with zero attached hydrogens (tertiary/aromatic N) is 1. The molecule has 0 saturated carbocycles. The molecule has 0 aliphatic carbocycles. The molecule has 0 radical (unpaired) electrons. The lowest BCUT2D eigenvalue weighted by molar-refractivity contribution is 0.0398. The maximum atomic E-state index is 5.91. The zero-order chi connectivity index (χ0) is 16.6. The van der Waals surface area contributed by atoms with Gasteiger partial charge in [-0.05, 0) is 55.7 Å². The third-order valence-corrected chi connectivity index (χ3v) is 5.33. The van der Waals surface area contributed by atoms with Gasteiger partial charge < -0.3 is 19.1 Å². The normalized spacial score (nSPS) is 21.0. The van der Waals surface area contributed by atoms with Gasteiger partial charge in [0.15, 0.2) is 0 Å². The molecule has 2 heterocycles. The molecule has 4 nitrogen and oxygen atoms in total. The molecular formula is C20H31NO3. The Labute approximate surface area is 146 Å². The molecule has 0 N–H and O–H groups in total. The van der Waals surface area contributed by atoms with Crippen molar-refractivity contribution in [1.82, 2.24) is 4.90 Å². The van der Waals surface area contributed by atoms with E-state index in [1.807, 2.05) is 7.11 Å². The van der Waals surface area contributed by atoms with Crippen LogP contribution in [0.4, 0.5) is 0 Å². The van der Waals surface area contributed by atoms with Crippen molar-refractivity contribution in [3.63, 3.8) is 0 Å². The summed E-state index contributed by atoms with van der Waals surface area (Å²) in [5.41, 5.74) is 1.42. The molecule has 0 bridgehead atoms. The standard InChI is InChI=1S/C20H31NO3/c1-22-19-7-12-21(13-8-19)11-2-14-24-20-5-3-17(4-6-20)18-9-15-23-16-10-18/h3-6,18-19H,2,7-16H2,1H3. The fourth-order valence-electron chi connectivity index (χ4n) is 3.71. The van der Waals surface area contributed by atoms with Gasteiger partial charge >= 0.3 is 0 Å². The number of rotatable bonds is 7. The molecule has 0 spiro atoms. The van der Waals surface area contributed by atoms with Gasteiger partial charge in [-0.25, -0.2) is 0 Å². The summed E-state index contributed by atoms with van der Waals surface area (Å²) < 4.78 is 16.8. The van der Waals surface area contributed by atoms with E-state index in [9.17, 15) is 0 Å². The van der Waals surface area contributed by atoms with Crippen LogP contribution in [-0.4, -0.2) is 57.6 Å². The Morgan fingerprint density at radius 3 is 2.42 bits per heavy atom. The van der Waals surface area contributed by atoms with Gasteiger partial charge in [0, 0.05) is 40.0 Å². The summed E-state index contributed by atoms with van der Waals surface area (Å²) in [6.45, 7) is 6.00. The van der Waals surface area contributed by atoms with E-state index in [2.05, 4.69) is 29.2 Å². The fraction of sp³-hybridized carbons (Fsp3) is 0.700. The van der Waals surface area contributed by atoms with Crippen molar-refractivity contribution in [2.75, 3.05) is 46.6 Å². The Morgan fingerprint density at radius 2 is 1.75 bits per heavy atom. The molecule has 2 aliphatic rings. The van der Waals surface area contributed by atoms with E-state index < -0.39 is 0 Å². The van der Waals surface area contributed by atoms with E-state index >= 15 is 0 Å². The quantitative estimate of drug-likeness (QED) is 0.715. The van der Waals surface area contributed by atoms with Crippen LogP contribution in [0, 0.1) is 0 Å². The molecular weight excluding hydrogens is 302 g/mol. The summed E-state index contributed by atoms with van der Waals surface area (Å²) in [4.78, 5) is 2.52. The van der Waals surface area contributed by atoms with Crippen LogP contribution in [0.15, 0.2) is 24.3 Å². The molecule has 134 valence electrons. The van der Waals surface area contributed by atoms with Crippen LogP contribution >= 0.6 is 0 Å². The first-order valence-corrected chi connectivity index (χ1v) is 9.41. The van der Waals surface area contributed by atoms with Crippen molar-refractivity contribution in [2.45, 2.75) is 44.1 Å². The van der Waals surface area contributed by atoms with Gasteiger partial charge in [0.25, 0.3) is 0 Å². The number of benzene rings is 1. The van der Waals surface area contributed by atoms with E-state index in [-0.39, 0.29) is 0 Å². The minimum Gasteiger partial charge on any atom is -0.494 e. The van der Waals surface area contributed by atoms with Crippen LogP contribution in [0.1, 0.15) is 43.6 Å². The third kappa shape index (κ3) is 5.20. The molecule has 0 atom stereocenters. The monoisotopic (exact) mass is 333 g/mol. The zero-order valence-electron chi connectivity index (χ0n) is 14.9. The highest BCUT2D eigenvalue weighted by atomic mass is 16.5. The molecule has 1 aromatic rings. The maximum Gasteiger partial charge on any atom is 0.119 e. The molecule has 3 rings (SSSR count). The molecule has 2 fully saturated rings. The Bertz CT molecular complexity index is 462. The SMILES string of the molecule is COC1CCN(CCCOc2ccc(C3CCOCC3)cc2)CC1. The van der Waals surface area contributed by atoms with Crippen molar-refractivity contribution < 1.29 is 14.2 Å². The molecule has 2 aliphatic heterocycles. The molecule has 0 unspecified atom stereocenters. The predicted molar refractivity (Wildman–Crippen MR) is 95.8 cm³/mol. The summed E-state index contributed by atoms with van der Waals surface area (Å²) in [7, 11) is 1.82. The van der Waals surface area contributed by atoms with Gasteiger partial charge in [-0.15, -0.1) is 0 Å². The Morgan fingerprint density at radius 1 is 1.04 bits per heavy atom. The average Bonchev–Trinajstić information content (AvgIpc) is 2.67. The molecule has 0 amide bonds. The summed E-state index contributed by atoms with van der Waals surface area (Å²) in [6, 6.07) is 8.69. The molecule has 24 heavy (non-hydrogen) atoms. The first kappa shape index (κ1) is 17.7. The number of piperidine rings is 1.